The van der Waals surface area contributed by atoms with Gasteiger partial charge in [-0.25, -0.2) is 0 Å². The summed E-state index contributed by atoms with van der Waals surface area (Å²) in [6, 6.07) is 6.20. The molecule has 0 saturated heterocycles. The third-order valence-electron chi connectivity index (χ3n) is 7.94. The zero-order valence-electron chi connectivity index (χ0n) is 19.9. The largest absolute Gasteiger partial charge is 0.493 e. The van der Waals surface area contributed by atoms with Crippen molar-refractivity contribution in [2.75, 3.05) is 47.6 Å². The van der Waals surface area contributed by atoms with Crippen LogP contribution in [0.25, 0.3) is 0 Å². The summed E-state index contributed by atoms with van der Waals surface area (Å²) in [5, 5.41) is 0. The van der Waals surface area contributed by atoms with E-state index in [0.717, 1.165) is 68.4 Å². The maximum Gasteiger partial charge on any atom is 0.160 e. The van der Waals surface area contributed by atoms with E-state index in [1.165, 1.54) is 37.7 Å². The first kappa shape index (κ1) is 23.4. The maximum atomic E-state index is 5.98. The molecular weight excluding hydrogens is 374 g/mol. The van der Waals surface area contributed by atoms with E-state index < -0.39 is 0 Å². The molecule has 1 aromatic rings. The van der Waals surface area contributed by atoms with Gasteiger partial charge in [0.1, 0.15) is 0 Å². The SMILES string of the molecule is COc1ccc(CCN(C)CCCCOCC[C@@H]2CC[C@H]3C[C@@H]2C3(C)C)cc1OC. The summed E-state index contributed by atoms with van der Waals surface area (Å²) in [6.07, 6.45) is 9.01. The van der Waals surface area contributed by atoms with Crippen molar-refractivity contribution in [3.63, 3.8) is 0 Å². The number of hydrogen-bond donors (Lipinski definition) is 0. The Kier molecular flexibility index (Phi) is 8.47. The van der Waals surface area contributed by atoms with E-state index in [0.29, 0.717) is 5.41 Å². The van der Waals surface area contributed by atoms with Gasteiger partial charge < -0.3 is 19.1 Å². The van der Waals surface area contributed by atoms with Gasteiger partial charge in [-0.15, -0.1) is 0 Å². The van der Waals surface area contributed by atoms with Crippen molar-refractivity contribution in [1.82, 2.24) is 4.90 Å². The van der Waals surface area contributed by atoms with Gasteiger partial charge in [-0.3, -0.25) is 0 Å². The maximum absolute atomic E-state index is 5.98. The Labute approximate surface area is 184 Å². The molecule has 0 amide bonds. The lowest BCUT2D eigenvalue weighted by Crippen LogP contribution is -2.52. The smallest absolute Gasteiger partial charge is 0.160 e. The predicted octanol–water partition coefficient (Wildman–Crippen LogP) is 5.44. The molecule has 0 unspecified atom stereocenters. The Bertz CT molecular complexity index is 658. The molecule has 4 nitrogen and oxygen atoms in total. The number of likely N-dealkylation sites (N-methyl/N-ethyl adjacent to an activating group) is 1. The lowest BCUT2D eigenvalue weighted by Gasteiger charge is -2.60. The second-order valence-corrected chi connectivity index (χ2v) is 10.0. The number of hydrogen-bond acceptors (Lipinski definition) is 4. The normalized spacial score (nSPS) is 24.5. The van der Waals surface area contributed by atoms with Crippen LogP contribution in [0.3, 0.4) is 0 Å². The molecule has 30 heavy (non-hydrogen) atoms. The Morgan fingerprint density at radius 3 is 2.50 bits per heavy atom. The first-order valence-corrected chi connectivity index (χ1v) is 11.9. The zero-order valence-corrected chi connectivity index (χ0v) is 19.9. The van der Waals surface area contributed by atoms with Crippen LogP contribution in [-0.4, -0.2) is 52.5 Å². The second-order valence-electron chi connectivity index (χ2n) is 10.0. The summed E-state index contributed by atoms with van der Waals surface area (Å²) in [5.74, 6) is 4.47. The van der Waals surface area contributed by atoms with Crippen LogP contribution in [-0.2, 0) is 11.2 Å². The second kappa shape index (κ2) is 10.9. The van der Waals surface area contributed by atoms with E-state index in [9.17, 15) is 0 Å². The first-order chi connectivity index (χ1) is 14.5. The van der Waals surface area contributed by atoms with E-state index >= 15 is 0 Å². The Morgan fingerprint density at radius 2 is 1.80 bits per heavy atom. The average molecular weight is 418 g/mol. The van der Waals surface area contributed by atoms with Crippen LogP contribution in [0, 0.1) is 23.2 Å². The van der Waals surface area contributed by atoms with Crippen molar-refractivity contribution in [3.05, 3.63) is 23.8 Å². The minimum Gasteiger partial charge on any atom is -0.493 e. The number of methoxy groups -OCH3 is 2. The number of benzene rings is 1. The topological polar surface area (TPSA) is 30.9 Å². The lowest BCUT2D eigenvalue weighted by atomic mass is 9.45. The summed E-state index contributed by atoms with van der Waals surface area (Å²) in [6.45, 7) is 9.01. The fourth-order valence-corrected chi connectivity index (χ4v) is 5.70. The van der Waals surface area contributed by atoms with Crippen LogP contribution in [0.15, 0.2) is 18.2 Å². The highest BCUT2D eigenvalue weighted by molar-refractivity contribution is 5.42. The van der Waals surface area contributed by atoms with Gasteiger partial charge in [0.25, 0.3) is 0 Å². The molecule has 0 N–H and O–H groups in total. The fourth-order valence-electron chi connectivity index (χ4n) is 5.70. The van der Waals surface area contributed by atoms with Crippen LogP contribution in [0.4, 0.5) is 0 Å². The molecule has 170 valence electrons. The minimum absolute atomic E-state index is 0.602. The average Bonchev–Trinajstić information content (AvgIpc) is 2.76. The molecule has 3 aliphatic rings. The quantitative estimate of drug-likeness (QED) is 0.400. The van der Waals surface area contributed by atoms with E-state index in [2.05, 4.69) is 37.9 Å². The summed E-state index contributed by atoms with van der Waals surface area (Å²) >= 11 is 0. The highest BCUT2D eigenvalue weighted by Gasteiger charge is 2.53. The third kappa shape index (κ3) is 5.70. The predicted molar refractivity (Wildman–Crippen MR) is 124 cm³/mol. The van der Waals surface area contributed by atoms with Gasteiger partial charge in [0.05, 0.1) is 14.2 Å². The summed E-state index contributed by atoms with van der Waals surface area (Å²) in [7, 11) is 5.57. The highest BCUT2D eigenvalue weighted by Crippen LogP contribution is 2.61. The molecule has 4 rings (SSSR count). The number of unbranched alkanes of at least 4 members (excludes halogenated alkanes) is 1. The molecule has 3 atom stereocenters. The zero-order chi connectivity index (χ0) is 21.6. The van der Waals surface area contributed by atoms with Crippen molar-refractivity contribution in [2.45, 2.75) is 58.8 Å². The Hall–Kier alpha value is -1.26. The molecule has 2 bridgehead atoms. The van der Waals surface area contributed by atoms with Crippen LogP contribution >= 0.6 is 0 Å². The first-order valence-electron chi connectivity index (χ1n) is 11.9. The van der Waals surface area contributed by atoms with Gasteiger partial charge in [0.15, 0.2) is 11.5 Å². The van der Waals surface area contributed by atoms with Crippen LogP contribution < -0.4 is 9.47 Å². The van der Waals surface area contributed by atoms with E-state index in [4.69, 9.17) is 14.2 Å². The van der Waals surface area contributed by atoms with Gasteiger partial charge in [0.2, 0.25) is 0 Å². The molecular formula is C26H43NO3. The summed E-state index contributed by atoms with van der Waals surface area (Å²) in [5.41, 5.74) is 1.89. The molecule has 0 aliphatic heterocycles. The van der Waals surface area contributed by atoms with Gasteiger partial charge in [-0.05, 0) is 99.4 Å². The van der Waals surface area contributed by atoms with Crippen molar-refractivity contribution < 1.29 is 14.2 Å². The molecule has 0 radical (unpaired) electrons. The third-order valence-corrected chi connectivity index (χ3v) is 7.94. The molecule has 3 fully saturated rings. The van der Waals surface area contributed by atoms with E-state index in [-0.39, 0.29) is 0 Å². The lowest BCUT2D eigenvalue weighted by molar-refractivity contribution is -0.111. The molecule has 4 heteroatoms. The molecule has 1 aromatic carbocycles. The molecule has 0 spiro atoms. The minimum atomic E-state index is 0.602. The molecule has 3 aliphatic carbocycles. The number of ether oxygens (including phenoxy) is 3. The summed E-state index contributed by atoms with van der Waals surface area (Å²) < 4.78 is 16.7. The Morgan fingerprint density at radius 1 is 1.00 bits per heavy atom. The van der Waals surface area contributed by atoms with Crippen LogP contribution in [0.5, 0.6) is 11.5 Å². The molecule has 0 aromatic heterocycles. The van der Waals surface area contributed by atoms with Crippen molar-refractivity contribution in [2.24, 2.45) is 23.2 Å². The van der Waals surface area contributed by atoms with Gasteiger partial charge in [-0.1, -0.05) is 19.9 Å². The van der Waals surface area contributed by atoms with Crippen LogP contribution in [0.2, 0.25) is 0 Å². The molecule has 0 heterocycles. The van der Waals surface area contributed by atoms with Gasteiger partial charge in [0, 0.05) is 19.8 Å². The monoisotopic (exact) mass is 417 g/mol. The highest BCUT2D eigenvalue weighted by atomic mass is 16.5. The van der Waals surface area contributed by atoms with Gasteiger partial charge in [-0.2, -0.15) is 0 Å². The summed E-state index contributed by atoms with van der Waals surface area (Å²) in [4.78, 5) is 2.41. The van der Waals surface area contributed by atoms with E-state index in [1.54, 1.807) is 14.2 Å². The molecule has 3 saturated carbocycles. The van der Waals surface area contributed by atoms with Crippen molar-refractivity contribution in [3.8, 4) is 11.5 Å². The van der Waals surface area contributed by atoms with Crippen molar-refractivity contribution >= 4 is 0 Å². The van der Waals surface area contributed by atoms with E-state index in [1.807, 2.05) is 6.07 Å². The van der Waals surface area contributed by atoms with Crippen molar-refractivity contribution in [1.29, 1.82) is 0 Å². The Balaban J connectivity index is 1.22. The number of fused-ring (bicyclic) bond motifs is 2. The number of rotatable bonds is 13. The standard InChI is InChI=1S/C26H43NO3/c1-26(2)22-10-9-21(23(26)19-22)13-17-30-16-7-6-14-27(3)15-12-20-8-11-24(28-4)25(18-20)29-5/h8,11,18,21-23H,6-7,9-10,12-17,19H2,1-5H3/t21-,22-,23-/m0/s1. The van der Waals surface area contributed by atoms with Crippen LogP contribution in [0.1, 0.15) is 57.9 Å². The number of nitrogens with zero attached hydrogens (tertiary/aromatic N) is 1. The fraction of sp³-hybridized carbons (Fsp3) is 0.769. The van der Waals surface area contributed by atoms with Gasteiger partial charge >= 0.3 is 0 Å².